The monoisotopic (exact) mass is 256 g/mol. The van der Waals surface area contributed by atoms with E-state index in [9.17, 15) is 4.39 Å². The Morgan fingerprint density at radius 3 is 2.78 bits per heavy atom. The highest BCUT2D eigenvalue weighted by atomic mass is 19.1. The number of nitrogens with two attached hydrogens (primary N) is 1. The number of hydrogen-bond acceptors (Lipinski definition) is 4. The summed E-state index contributed by atoms with van der Waals surface area (Å²) >= 11 is 0. The molecule has 0 aliphatic rings. The van der Waals surface area contributed by atoms with Crippen LogP contribution in [0.5, 0.6) is 0 Å². The second kappa shape index (κ2) is 7.89. The lowest BCUT2D eigenvalue weighted by Gasteiger charge is -2.11. The first-order valence-corrected chi connectivity index (χ1v) is 6.01. The van der Waals surface area contributed by atoms with Gasteiger partial charge in [-0.3, -0.25) is 0 Å². The highest BCUT2D eigenvalue weighted by Crippen LogP contribution is 2.22. The van der Waals surface area contributed by atoms with Gasteiger partial charge in [0.05, 0.1) is 24.6 Å². The fraction of sp³-hybridized carbons (Fsp3) is 0.538. The second-order valence-electron chi connectivity index (χ2n) is 4.07. The minimum Gasteiger partial charge on any atom is -0.397 e. The van der Waals surface area contributed by atoms with Crippen LogP contribution < -0.4 is 11.1 Å². The Morgan fingerprint density at radius 1 is 1.28 bits per heavy atom. The highest BCUT2D eigenvalue weighted by molar-refractivity contribution is 5.67. The summed E-state index contributed by atoms with van der Waals surface area (Å²) in [6, 6.07) is 3.06. The van der Waals surface area contributed by atoms with Gasteiger partial charge in [0.25, 0.3) is 0 Å². The molecule has 0 aliphatic heterocycles. The number of halogens is 1. The van der Waals surface area contributed by atoms with Crippen LogP contribution in [0.4, 0.5) is 15.8 Å². The van der Waals surface area contributed by atoms with Crippen LogP contribution in [0.2, 0.25) is 0 Å². The molecule has 102 valence electrons. The summed E-state index contributed by atoms with van der Waals surface area (Å²) in [5, 5.41) is 3.17. The van der Waals surface area contributed by atoms with Gasteiger partial charge in [0.2, 0.25) is 0 Å². The molecule has 1 rings (SSSR count). The molecule has 0 unspecified atom stereocenters. The molecule has 0 bridgehead atoms. The van der Waals surface area contributed by atoms with Crippen LogP contribution in [0.25, 0.3) is 0 Å². The van der Waals surface area contributed by atoms with Gasteiger partial charge in [-0.05, 0) is 31.0 Å². The van der Waals surface area contributed by atoms with Gasteiger partial charge in [0, 0.05) is 20.3 Å². The molecule has 0 saturated heterocycles. The smallest absolute Gasteiger partial charge is 0.128 e. The van der Waals surface area contributed by atoms with Gasteiger partial charge >= 0.3 is 0 Å². The molecule has 4 nitrogen and oxygen atoms in total. The molecule has 0 heterocycles. The number of ether oxygens (including phenoxy) is 2. The van der Waals surface area contributed by atoms with E-state index in [1.54, 1.807) is 20.1 Å². The minimum atomic E-state index is -0.277. The van der Waals surface area contributed by atoms with E-state index in [0.717, 1.165) is 18.7 Å². The molecular weight excluding hydrogens is 235 g/mol. The zero-order chi connectivity index (χ0) is 13.4. The van der Waals surface area contributed by atoms with Gasteiger partial charge in [-0.1, -0.05) is 0 Å². The van der Waals surface area contributed by atoms with Crippen molar-refractivity contribution in [3.8, 4) is 0 Å². The van der Waals surface area contributed by atoms with E-state index in [2.05, 4.69) is 5.32 Å². The molecule has 0 aromatic heterocycles. The first-order chi connectivity index (χ1) is 8.65. The first kappa shape index (κ1) is 14.7. The van der Waals surface area contributed by atoms with E-state index < -0.39 is 0 Å². The van der Waals surface area contributed by atoms with Crippen LogP contribution in [-0.4, -0.2) is 33.5 Å². The third kappa shape index (κ3) is 4.89. The van der Waals surface area contributed by atoms with E-state index in [-0.39, 0.29) is 5.82 Å². The number of aryl methyl sites for hydroxylation is 1. The molecule has 0 amide bonds. The summed E-state index contributed by atoms with van der Waals surface area (Å²) in [6.07, 6.45) is 0.861. The van der Waals surface area contributed by atoms with Crippen molar-refractivity contribution in [2.75, 3.05) is 44.5 Å². The van der Waals surface area contributed by atoms with Crippen LogP contribution in [0.1, 0.15) is 12.0 Å². The summed E-state index contributed by atoms with van der Waals surface area (Å²) in [5.41, 5.74) is 7.50. The molecule has 1 aromatic rings. The van der Waals surface area contributed by atoms with Gasteiger partial charge in [-0.2, -0.15) is 0 Å². The predicted octanol–water partition coefficient (Wildman–Crippen LogP) is 2.18. The third-order valence-corrected chi connectivity index (χ3v) is 2.54. The average molecular weight is 256 g/mol. The zero-order valence-corrected chi connectivity index (χ0v) is 11.0. The van der Waals surface area contributed by atoms with Gasteiger partial charge in [-0.25, -0.2) is 4.39 Å². The number of rotatable bonds is 8. The predicted molar refractivity (Wildman–Crippen MR) is 71.4 cm³/mol. The van der Waals surface area contributed by atoms with E-state index in [0.29, 0.717) is 31.1 Å². The van der Waals surface area contributed by atoms with Crippen LogP contribution in [0.15, 0.2) is 12.1 Å². The largest absolute Gasteiger partial charge is 0.397 e. The van der Waals surface area contributed by atoms with Crippen LogP contribution in [-0.2, 0) is 9.47 Å². The maximum atomic E-state index is 13.2. The topological polar surface area (TPSA) is 56.5 Å². The molecule has 0 fully saturated rings. The number of anilines is 2. The Morgan fingerprint density at radius 2 is 2.06 bits per heavy atom. The second-order valence-corrected chi connectivity index (χ2v) is 4.07. The molecule has 5 heteroatoms. The van der Waals surface area contributed by atoms with Crippen molar-refractivity contribution in [3.05, 3.63) is 23.5 Å². The summed E-state index contributed by atoms with van der Waals surface area (Å²) < 4.78 is 23.4. The molecule has 0 spiro atoms. The summed E-state index contributed by atoms with van der Waals surface area (Å²) in [5.74, 6) is -0.277. The van der Waals surface area contributed by atoms with Crippen molar-refractivity contribution < 1.29 is 13.9 Å². The zero-order valence-electron chi connectivity index (χ0n) is 11.0. The van der Waals surface area contributed by atoms with Gasteiger partial charge in [0.1, 0.15) is 5.82 Å². The Balaban J connectivity index is 2.25. The summed E-state index contributed by atoms with van der Waals surface area (Å²) in [6.45, 7) is 4.33. The minimum absolute atomic E-state index is 0.277. The first-order valence-electron chi connectivity index (χ1n) is 6.01. The lowest BCUT2D eigenvalue weighted by Crippen LogP contribution is -2.09. The maximum absolute atomic E-state index is 13.2. The molecule has 0 aliphatic carbocycles. The van der Waals surface area contributed by atoms with Gasteiger partial charge < -0.3 is 20.5 Å². The highest BCUT2D eigenvalue weighted by Gasteiger charge is 2.03. The summed E-state index contributed by atoms with van der Waals surface area (Å²) in [4.78, 5) is 0. The number of hydrogen-bond donors (Lipinski definition) is 2. The Hall–Kier alpha value is -1.33. The molecule has 18 heavy (non-hydrogen) atoms. The third-order valence-electron chi connectivity index (χ3n) is 2.54. The fourth-order valence-electron chi connectivity index (χ4n) is 1.49. The normalized spacial score (nSPS) is 10.6. The molecule has 0 saturated carbocycles. The van der Waals surface area contributed by atoms with E-state index in [1.165, 1.54) is 6.07 Å². The van der Waals surface area contributed by atoms with Crippen LogP contribution in [0, 0.1) is 12.7 Å². The molecule has 0 atom stereocenters. The Bertz CT molecular complexity index is 372. The Labute approximate surface area is 107 Å². The number of nitrogen functional groups attached to an aromatic ring is 1. The standard InChI is InChI=1S/C13H21FN2O2/c1-10-8-13(12(15)9-11(10)14)16-4-3-5-18-7-6-17-2/h8-9,16H,3-7,15H2,1-2H3. The maximum Gasteiger partial charge on any atom is 0.128 e. The van der Waals surface area contributed by atoms with Crippen molar-refractivity contribution in [2.24, 2.45) is 0 Å². The molecule has 1 aromatic carbocycles. The van der Waals surface area contributed by atoms with Crippen molar-refractivity contribution in [3.63, 3.8) is 0 Å². The lowest BCUT2D eigenvalue weighted by molar-refractivity contribution is 0.0705. The molecule has 3 N–H and O–H groups in total. The lowest BCUT2D eigenvalue weighted by atomic mass is 10.2. The van der Waals surface area contributed by atoms with E-state index >= 15 is 0 Å². The molecular formula is C13H21FN2O2. The quantitative estimate of drug-likeness (QED) is 0.553. The van der Waals surface area contributed by atoms with E-state index in [4.69, 9.17) is 15.2 Å². The van der Waals surface area contributed by atoms with Crippen LogP contribution >= 0.6 is 0 Å². The van der Waals surface area contributed by atoms with Crippen molar-refractivity contribution in [2.45, 2.75) is 13.3 Å². The number of nitrogens with one attached hydrogen (secondary N) is 1. The number of methoxy groups -OCH3 is 1. The van der Waals surface area contributed by atoms with Crippen LogP contribution in [0.3, 0.4) is 0 Å². The fourth-order valence-corrected chi connectivity index (χ4v) is 1.49. The van der Waals surface area contributed by atoms with Gasteiger partial charge in [0.15, 0.2) is 0 Å². The van der Waals surface area contributed by atoms with E-state index in [1.807, 2.05) is 0 Å². The SMILES string of the molecule is COCCOCCCNc1cc(C)c(F)cc1N. The molecule has 0 radical (unpaired) electrons. The van der Waals surface area contributed by atoms with Crippen molar-refractivity contribution in [1.82, 2.24) is 0 Å². The number of benzene rings is 1. The van der Waals surface area contributed by atoms with Crippen molar-refractivity contribution >= 4 is 11.4 Å². The van der Waals surface area contributed by atoms with Gasteiger partial charge in [-0.15, -0.1) is 0 Å². The van der Waals surface area contributed by atoms with Crippen molar-refractivity contribution in [1.29, 1.82) is 0 Å². The summed E-state index contributed by atoms with van der Waals surface area (Å²) in [7, 11) is 1.64. The Kier molecular flexibility index (Phi) is 6.46. The average Bonchev–Trinajstić information content (AvgIpc) is 2.34.